The number of rotatable bonds is 2. The van der Waals surface area contributed by atoms with Crippen LogP contribution < -0.4 is 0 Å². The molecule has 0 fully saturated rings. The van der Waals surface area contributed by atoms with Crippen molar-refractivity contribution in [1.29, 1.82) is 0 Å². The molecule has 2 unspecified atom stereocenters. The fourth-order valence-electron chi connectivity index (χ4n) is 3.86. The Morgan fingerprint density at radius 2 is 0.852 bits per heavy atom. The van der Waals surface area contributed by atoms with Gasteiger partial charge in [-0.25, -0.2) is 0 Å². The Hall–Kier alpha value is -0.521. The van der Waals surface area contributed by atoms with Crippen molar-refractivity contribution in [3.8, 4) is 0 Å². The van der Waals surface area contributed by atoms with Gasteiger partial charge in [-0.15, -0.1) is 0 Å². The van der Waals surface area contributed by atoms with Gasteiger partial charge >= 0.3 is 176 Å². The SMILES string of the molecule is CC(C)(C)C1=[C]([Fe][C]2=C(C(C)(C)C)C=CC2C(C)(C)C)C(C(C)(C)C)C=C1. The zero-order chi connectivity index (χ0) is 21.0. The predicted molar refractivity (Wildman–Crippen MR) is 117 cm³/mol. The molecule has 154 valence electrons. The Kier molecular flexibility index (Phi) is 5.96. The van der Waals surface area contributed by atoms with Crippen molar-refractivity contribution in [2.45, 2.75) is 83.1 Å². The molecular weight excluding hydrogens is 368 g/mol. The first kappa shape index (κ1) is 22.8. The fraction of sp³-hybridized carbons (Fsp3) is 0.692. The van der Waals surface area contributed by atoms with Crippen molar-refractivity contribution < 1.29 is 15.0 Å². The summed E-state index contributed by atoms with van der Waals surface area (Å²) in [5.41, 5.74) is 4.01. The predicted octanol–water partition coefficient (Wildman–Crippen LogP) is 8.13. The molecule has 0 nitrogen and oxygen atoms in total. The molecule has 0 aliphatic heterocycles. The first-order chi connectivity index (χ1) is 11.9. The monoisotopic (exact) mass is 410 g/mol. The molecule has 0 spiro atoms. The third kappa shape index (κ3) is 4.91. The average Bonchev–Trinajstić information content (AvgIpc) is 2.99. The summed E-state index contributed by atoms with van der Waals surface area (Å²) >= 11 is 1.11. The van der Waals surface area contributed by atoms with Crippen molar-refractivity contribution in [2.24, 2.45) is 33.5 Å². The van der Waals surface area contributed by atoms with Gasteiger partial charge in [0.15, 0.2) is 0 Å². The van der Waals surface area contributed by atoms with Crippen LogP contribution in [0, 0.1) is 33.5 Å². The number of hydrogen-bond donors (Lipinski definition) is 0. The van der Waals surface area contributed by atoms with Gasteiger partial charge in [-0.3, -0.25) is 0 Å². The summed E-state index contributed by atoms with van der Waals surface area (Å²) in [4.78, 5) is 0. The van der Waals surface area contributed by atoms with Crippen LogP contribution in [0.2, 0.25) is 0 Å². The Bertz CT molecular complexity index is 635. The molecule has 0 heterocycles. The molecular formula is C26H42Fe. The Balaban J connectivity index is 2.61. The Morgan fingerprint density at radius 3 is 1.07 bits per heavy atom. The average molecular weight is 410 g/mol. The molecule has 0 bridgehead atoms. The summed E-state index contributed by atoms with van der Waals surface area (Å²) in [5.74, 6) is 1.06. The Morgan fingerprint density at radius 1 is 0.556 bits per heavy atom. The summed E-state index contributed by atoms with van der Waals surface area (Å²) in [5, 5.41) is 0. The first-order valence-electron chi connectivity index (χ1n) is 10.4. The van der Waals surface area contributed by atoms with Gasteiger partial charge in [0.2, 0.25) is 0 Å². The van der Waals surface area contributed by atoms with Gasteiger partial charge in [0, 0.05) is 0 Å². The second-order valence-corrected chi connectivity index (χ2v) is 14.0. The third-order valence-electron chi connectivity index (χ3n) is 5.62. The molecule has 2 aliphatic carbocycles. The van der Waals surface area contributed by atoms with E-state index in [0.29, 0.717) is 11.8 Å². The van der Waals surface area contributed by atoms with Gasteiger partial charge in [-0.05, 0) is 0 Å². The van der Waals surface area contributed by atoms with E-state index in [1.54, 1.807) is 20.1 Å². The minimum atomic E-state index is 0.192. The molecule has 2 atom stereocenters. The van der Waals surface area contributed by atoms with Gasteiger partial charge in [-0.2, -0.15) is 0 Å². The molecule has 0 N–H and O–H groups in total. The van der Waals surface area contributed by atoms with E-state index in [0.717, 1.165) is 15.0 Å². The maximum atomic E-state index is 2.47. The van der Waals surface area contributed by atoms with E-state index in [2.05, 4.69) is 107 Å². The summed E-state index contributed by atoms with van der Waals surface area (Å²) in [6, 6.07) is 0. The molecule has 0 radical (unpaired) electrons. The van der Waals surface area contributed by atoms with Crippen molar-refractivity contribution in [3.63, 3.8) is 0 Å². The Labute approximate surface area is 175 Å². The molecule has 2 aliphatic rings. The molecule has 0 aromatic heterocycles. The van der Waals surface area contributed by atoms with Crippen molar-refractivity contribution in [2.75, 3.05) is 0 Å². The van der Waals surface area contributed by atoms with Crippen LogP contribution >= 0.6 is 0 Å². The van der Waals surface area contributed by atoms with E-state index in [-0.39, 0.29) is 21.7 Å². The van der Waals surface area contributed by atoms with Crippen LogP contribution in [0.25, 0.3) is 0 Å². The molecule has 0 amide bonds. The van der Waals surface area contributed by atoms with Gasteiger partial charge < -0.3 is 0 Å². The van der Waals surface area contributed by atoms with Gasteiger partial charge in [0.05, 0.1) is 0 Å². The van der Waals surface area contributed by atoms with Crippen molar-refractivity contribution >= 4 is 0 Å². The van der Waals surface area contributed by atoms with Crippen LogP contribution in [0.3, 0.4) is 0 Å². The normalized spacial score (nSPS) is 24.7. The molecule has 1 heteroatoms. The fourth-order valence-corrected chi connectivity index (χ4v) is 7.00. The molecule has 0 saturated carbocycles. The van der Waals surface area contributed by atoms with Crippen LogP contribution in [0.4, 0.5) is 0 Å². The van der Waals surface area contributed by atoms with Crippen LogP contribution in [0.1, 0.15) is 83.1 Å². The summed E-state index contributed by atoms with van der Waals surface area (Å²) in [7, 11) is 0. The summed E-state index contributed by atoms with van der Waals surface area (Å²) < 4.78 is 3.31. The molecule has 0 aromatic carbocycles. The number of allylic oxidation sites excluding steroid dienone is 8. The van der Waals surface area contributed by atoms with Crippen molar-refractivity contribution in [3.05, 3.63) is 44.4 Å². The van der Waals surface area contributed by atoms with Gasteiger partial charge in [0.25, 0.3) is 0 Å². The minimum absolute atomic E-state index is 0.192. The standard InChI is InChI=1S/2C13H21.Fe/c2*1-12(2,3)10-7-8-11(9-10)13(4,5)6;/h2*7-8,10H,1-6H3;. The van der Waals surface area contributed by atoms with E-state index in [1.807, 2.05) is 0 Å². The van der Waals surface area contributed by atoms with Gasteiger partial charge in [-0.1, -0.05) is 0 Å². The zero-order valence-corrected chi connectivity index (χ0v) is 20.9. The van der Waals surface area contributed by atoms with Crippen LogP contribution in [-0.4, -0.2) is 0 Å². The van der Waals surface area contributed by atoms with Crippen LogP contribution in [-0.2, 0) is 15.0 Å². The van der Waals surface area contributed by atoms with Crippen LogP contribution in [0.5, 0.6) is 0 Å². The van der Waals surface area contributed by atoms with E-state index in [9.17, 15) is 0 Å². The molecule has 0 saturated heterocycles. The van der Waals surface area contributed by atoms with Gasteiger partial charge in [0.1, 0.15) is 0 Å². The zero-order valence-electron chi connectivity index (χ0n) is 19.8. The molecule has 27 heavy (non-hydrogen) atoms. The molecule has 2 rings (SSSR count). The third-order valence-corrected chi connectivity index (χ3v) is 7.49. The van der Waals surface area contributed by atoms with E-state index in [1.165, 1.54) is 0 Å². The van der Waals surface area contributed by atoms with E-state index in [4.69, 9.17) is 0 Å². The topological polar surface area (TPSA) is 0 Å². The van der Waals surface area contributed by atoms with Crippen molar-refractivity contribution in [1.82, 2.24) is 0 Å². The summed E-state index contributed by atoms with van der Waals surface area (Å²) in [6.07, 6.45) is 9.80. The second-order valence-electron chi connectivity index (χ2n) is 12.5. The maximum absolute atomic E-state index is 2.47. The number of hydrogen-bond acceptors (Lipinski definition) is 0. The van der Waals surface area contributed by atoms with E-state index < -0.39 is 0 Å². The first-order valence-corrected chi connectivity index (χ1v) is 11.5. The molecule has 0 aromatic rings. The second kappa shape index (κ2) is 7.07. The van der Waals surface area contributed by atoms with Crippen LogP contribution in [0.15, 0.2) is 44.4 Å². The summed E-state index contributed by atoms with van der Waals surface area (Å²) in [6.45, 7) is 28.5. The quantitative estimate of drug-likeness (QED) is 0.403. The van der Waals surface area contributed by atoms with E-state index >= 15 is 0 Å².